The predicted octanol–water partition coefficient (Wildman–Crippen LogP) is 5.01. The number of amides is 3. The van der Waals surface area contributed by atoms with Gasteiger partial charge >= 0.3 is 17.8 Å². The normalized spacial score (nSPS) is 12.0. The summed E-state index contributed by atoms with van der Waals surface area (Å²) in [6.45, 7) is 13.6. The lowest BCUT2D eigenvalue weighted by molar-refractivity contribution is -0.138. The molecule has 2 unspecified atom stereocenters. The first-order valence-corrected chi connectivity index (χ1v) is 26.6. The van der Waals surface area contributed by atoms with E-state index in [0.29, 0.717) is 29.2 Å². The first-order valence-electron chi connectivity index (χ1n) is 21.7. The molecule has 1 aromatic carbocycles. The van der Waals surface area contributed by atoms with Crippen LogP contribution < -0.4 is 46.4 Å². The SMILES string of the molecule is C#CCOc1cc(-n2nc(C(C)(C)C)oc2=O)c(Cl)cc1Cl.CCNc1nc(Cl)nc(NC(C)C)n1.COc1cc(OC)nc(NC(=O)NS(=O)(=O)c2ncccc2C(=O)N(C)C)n1.CP(=O)(O)CCC(N)C(=O)O. The third-order valence-electron chi connectivity index (χ3n) is 8.47. The second-order valence-electron chi connectivity index (χ2n) is 16.5. The third kappa shape index (κ3) is 21.9. The number of pyridine rings is 1. The van der Waals surface area contributed by atoms with Gasteiger partial charge in [-0.15, -0.1) is 11.5 Å². The Morgan fingerprint density at radius 3 is 2.12 bits per heavy atom. The smallest absolute Gasteiger partial charge is 0.442 e. The molecular weight excluding hydrogens is 1090 g/mol. The lowest BCUT2D eigenvalue weighted by Crippen LogP contribution is -2.36. The average molecular weight is 1150 g/mol. The van der Waals surface area contributed by atoms with E-state index in [9.17, 15) is 32.2 Å². The molecule has 75 heavy (non-hydrogen) atoms. The monoisotopic (exact) mass is 1150 g/mol. The van der Waals surface area contributed by atoms with Gasteiger partial charge in [-0.1, -0.05) is 49.9 Å². The summed E-state index contributed by atoms with van der Waals surface area (Å²) in [4.78, 5) is 79.8. The van der Waals surface area contributed by atoms with Crippen LogP contribution in [0.3, 0.4) is 0 Å². The van der Waals surface area contributed by atoms with E-state index in [1.165, 1.54) is 76.4 Å². The number of carbonyl (C=O) groups excluding carboxylic acids is 2. The van der Waals surface area contributed by atoms with E-state index in [0.717, 1.165) is 11.2 Å². The quantitative estimate of drug-likeness (QED) is 0.0475. The molecule has 0 saturated carbocycles. The van der Waals surface area contributed by atoms with E-state index in [1.54, 1.807) is 4.72 Å². The Balaban J connectivity index is 0.000000364. The molecule has 0 fully saturated rings. The highest BCUT2D eigenvalue weighted by Crippen LogP contribution is 2.36. The number of hydrogen-bond donors (Lipinski definition) is 7. The summed E-state index contributed by atoms with van der Waals surface area (Å²) < 4.78 is 58.9. The van der Waals surface area contributed by atoms with Crippen LogP contribution in [0.25, 0.3) is 5.69 Å². The van der Waals surface area contributed by atoms with E-state index in [-0.39, 0.29) is 63.8 Å². The lowest BCUT2D eigenvalue weighted by atomic mass is 9.97. The van der Waals surface area contributed by atoms with Gasteiger partial charge in [0.15, 0.2) is 12.4 Å². The van der Waals surface area contributed by atoms with Crippen LogP contribution in [0.4, 0.5) is 22.6 Å². The number of carboxylic acid groups (broad SMARTS) is 1. The second-order valence-corrected chi connectivity index (χ2v) is 21.8. The molecular formula is C43H58Cl3N14O13PS. The maximum Gasteiger partial charge on any atom is 0.442 e. The van der Waals surface area contributed by atoms with Crippen LogP contribution in [0.15, 0.2) is 50.8 Å². The zero-order valence-electron chi connectivity index (χ0n) is 42.5. The molecule has 2 atom stereocenters. The zero-order valence-corrected chi connectivity index (χ0v) is 46.5. The average Bonchev–Trinajstić information content (AvgIpc) is 3.71. The van der Waals surface area contributed by atoms with Gasteiger partial charge in [-0.25, -0.2) is 19.3 Å². The van der Waals surface area contributed by atoms with Crippen molar-refractivity contribution in [3.8, 4) is 35.5 Å². The molecule has 0 aliphatic rings. The van der Waals surface area contributed by atoms with Crippen LogP contribution in [0.5, 0.6) is 17.5 Å². The van der Waals surface area contributed by atoms with Crippen LogP contribution in [-0.2, 0) is 24.8 Å². The molecule has 0 aliphatic carbocycles. The summed E-state index contributed by atoms with van der Waals surface area (Å²) in [6.07, 6.45) is 6.34. The fourth-order valence-corrected chi connectivity index (χ4v) is 7.50. The molecule has 410 valence electrons. The molecule has 0 saturated heterocycles. The molecule has 32 heteroatoms. The number of carboxylic acids is 1. The van der Waals surface area contributed by atoms with Crippen molar-refractivity contribution < 1.29 is 56.0 Å². The lowest BCUT2D eigenvalue weighted by Gasteiger charge is -2.14. The second kappa shape index (κ2) is 29.3. The van der Waals surface area contributed by atoms with E-state index in [4.69, 9.17) is 75.6 Å². The Hall–Kier alpha value is -6.86. The Bertz CT molecular complexity index is 3000. The maximum absolute atomic E-state index is 12.5. The Kier molecular flexibility index (Phi) is 25.1. The largest absolute Gasteiger partial charge is 0.481 e. The summed E-state index contributed by atoms with van der Waals surface area (Å²) in [5, 5.41) is 20.8. The number of aliphatic carboxylic acids is 1. The minimum absolute atomic E-state index is 0.0412. The van der Waals surface area contributed by atoms with Gasteiger partial charge in [0, 0.05) is 57.2 Å². The van der Waals surface area contributed by atoms with Gasteiger partial charge in [0.05, 0.1) is 41.6 Å². The number of urea groups is 1. The number of halogens is 3. The number of methoxy groups -OCH3 is 2. The molecule has 5 aromatic rings. The van der Waals surface area contributed by atoms with Crippen LogP contribution in [0.1, 0.15) is 64.2 Å². The van der Waals surface area contributed by atoms with E-state index >= 15 is 0 Å². The van der Waals surface area contributed by atoms with Gasteiger partial charge < -0.3 is 49.9 Å². The van der Waals surface area contributed by atoms with Gasteiger partial charge in [-0.05, 0) is 57.0 Å². The molecule has 8 N–H and O–H groups in total. The molecule has 27 nitrogen and oxygen atoms in total. The molecule has 0 aliphatic heterocycles. The Morgan fingerprint density at radius 1 is 1.00 bits per heavy atom. The molecule has 4 aromatic heterocycles. The summed E-state index contributed by atoms with van der Waals surface area (Å²) in [7, 11) is -1.95. The van der Waals surface area contributed by atoms with Crippen LogP contribution >= 0.6 is 42.2 Å². The first-order chi connectivity index (χ1) is 34.8. The van der Waals surface area contributed by atoms with Crippen molar-refractivity contribution in [2.24, 2.45) is 5.73 Å². The number of aromatic nitrogens is 8. The number of sulfonamides is 1. The highest BCUT2D eigenvalue weighted by Gasteiger charge is 2.28. The summed E-state index contributed by atoms with van der Waals surface area (Å²) in [5.74, 6) is 1.50. The third-order valence-corrected chi connectivity index (χ3v) is 11.6. The number of anilines is 3. The Morgan fingerprint density at radius 2 is 1.61 bits per heavy atom. The summed E-state index contributed by atoms with van der Waals surface area (Å²) in [5.41, 5.74) is 4.80. The number of hydrogen-bond acceptors (Lipinski definition) is 21. The van der Waals surface area contributed by atoms with E-state index < -0.39 is 57.5 Å². The minimum atomic E-state index is -4.46. The predicted molar refractivity (Wildman–Crippen MR) is 280 cm³/mol. The summed E-state index contributed by atoms with van der Waals surface area (Å²) >= 11 is 17.9. The van der Waals surface area contributed by atoms with Gasteiger partial charge in [0.2, 0.25) is 40.8 Å². The van der Waals surface area contributed by atoms with E-state index in [2.05, 4.69) is 56.9 Å². The number of nitrogens with two attached hydrogens (primary N) is 1. The van der Waals surface area contributed by atoms with Gasteiger partial charge in [-0.2, -0.15) is 38.0 Å². The van der Waals surface area contributed by atoms with Crippen molar-refractivity contribution in [1.82, 2.24) is 49.3 Å². The van der Waals surface area contributed by atoms with Crippen molar-refractivity contribution in [1.29, 1.82) is 0 Å². The molecule has 5 rings (SSSR count). The van der Waals surface area contributed by atoms with Crippen molar-refractivity contribution in [2.75, 3.05) is 70.2 Å². The number of rotatable bonds is 17. The number of nitrogens with one attached hydrogen (secondary N) is 4. The number of benzene rings is 1. The number of nitrogens with zero attached hydrogens (tertiary/aromatic N) is 9. The molecule has 0 radical (unpaired) electrons. The van der Waals surface area contributed by atoms with Crippen LogP contribution in [0, 0.1) is 12.3 Å². The fraction of sp³-hybridized carbons (Fsp3) is 0.419. The molecule has 3 amide bonds. The standard InChI is InChI=1S/C15H14Cl2N2O3.C15H18N6O6S.C8H14ClN5.C5H12NO4P/c1-5-6-21-12-8-11(9(16)7-10(12)17)19-14(20)22-13(18-19)15(2,3)4;1-21(2)13(22)9-6-5-7-16-12(9)28(24,25)20-15(23)19-14-17-10(26-3)8-11(18-14)27-4;1-4-10-7-12-6(9)13-8(14-7)11-5(2)3;1-11(9,10)3-2-4(6)5(7)8/h1,7-8H,6H2,2-4H3;5-8H,1-4H3,(H2,17,18,19,20,23);5H,4H2,1-3H3,(H2,10,11,12,13,14);4H,2-3,6H2,1H3,(H,7,8)(H,9,10). The highest BCUT2D eigenvalue weighted by atomic mass is 35.5. The fourth-order valence-electron chi connectivity index (χ4n) is 5.03. The minimum Gasteiger partial charge on any atom is -0.481 e. The van der Waals surface area contributed by atoms with Crippen LogP contribution in [-0.4, -0.2) is 147 Å². The van der Waals surface area contributed by atoms with Crippen molar-refractivity contribution in [2.45, 2.75) is 70.5 Å². The number of terminal acetylenes is 1. The highest BCUT2D eigenvalue weighted by molar-refractivity contribution is 7.90. The van der Waals surface area contributed by atoms with Gasteiger partial charge in [0.1, 0.15) is 18.4 Å². The summed E-state index contributed by atoms with van der Waals surface area (Å²) in [6, 6.07) is 5.10. The van der Waals surface area contributed by atoms with Gasteiger partial charge in [-0.3, -0.25) is 19.5 Å². The maximum atomic E-state index is 12.5. The van der Waals surface area contributed by atoms with Crippen molar-refractivity contribution in [3.05, 3.63) is 73.9 Å². The van der Waals surface area contributed by atoms with Crippen molar-refractivity contribution in [3.63, 3.8) is 0 Å². The van der Waals surface area contributed by atoms with Crippen molar-refractivity contribution >= 4 is 87.9 Å². The molecule has 0 spiro atoms. The number of ether oxygens (including phenoxy) is 3. The van der Waals surface area contributed by atoms with Crippen LogP contribution in [0.2, 0.25) is 15.3 Å². The topological polar surface area (TPSA) is 373 Å². The Labute approximate surface area is 447 Å². The zero-order chi connectivity index (χ0) is 57.0. The number of carbonyl (C=O) groups is 3. The molecule has 0 bridgehead atoms. The molecule has 4 heterocycles. The first kappa shape index (κ1) is 64.3. The van der Waals surface area contributed by atoms with Gasteiger partial charge in [0.25, 0.3) is 15.9 Å². The van der Waals surface area contributed by atoms with E-state index in [1.807, 2.05) is 41.5 Å².